The van der Waals surface area contributed by atoms with Gasteiger partial charge >= 0.3 is 0 Å². The molecular weight excluding hydrogens is 420 g/mol. The Bertz CT molecular complexity index is 1120. The summed E-state index contributed by atoms with van der Waals surface area (Å²) in [6, 6.07) is 17.7. The molecule has 0 aliphatic carbocycles. The van der Waals surface area contributed by atoms with Gasteiger partial charge in [0.25, 0.3) is 0 Å². The van der Waals surface area contributed by atoms with E-state index in [2.05, 4.69) is 40.2 Å². The number of nitrogens with zero attached hydrogens (tertiary/aromatic N) is 1. The van der Waals surface area contributed by atoms with Gasteiger partial charge in [0.1, 0.15) is 5.75 Å². The molecule has 1 aromatic heterocycles. The molecule has 1 aliphatic heterocycles. The lowest BCUT2D eigenvalue weighted by Crippen LogP contribution is -2.30. The zero-order valence-corrected chi connectivity index (χ0v) is 18.9. The third kappa shape index (κ3) is 4.56. The number of benzene rings is 2. The predicted molar refractivity (Wildman–Crippen MR) is 122 cm³/mol. The first-order valence-corrected chi connectivity index (χ1v) is 11.5. The zero-order chi connectivity index (χ0) is 20.4. The average Bonchev–Trinajstić information content (AvgIpc) is 3.21. The van der Waals surface area contributed by atoms with Crippen molar-refractivity contribution >= 4 is 22.2 Å². The largest absolute Gasteiger partial charge is 0.496 e. The van der Waals surface area contributed by atoms with E-state index < -0.39 is 9.84 Å². The van der Waals surface area contributed by atoms with E-state index in [0.29, 0.717) is 10.6 Å². The second-order valence-electron chi connectivity index (χ2n) is 7.39. The molecular formula is C23H27ClN2O3S. The second-order valence-corrected chi connectivity index (χ2v) is 9.67. The number of rotatable bonds is 6. The highest BCUT2D eigenvalue weighted by Gasteiger charge is 2.18. The average molecular weight is 447 g/mol. The van der Waals surface area contributed by atoms with Gasteiger partial charge < -0.3 is 9.72 Å². The van der Waals surface area contributed by atoms with Crippen LogP contribution in [0.2, 0.25) is 0 Å². The van der Waals surface area contributed by atoms with E-state index in [1.165, 1.54) is 11.1 Å². The zero-order valence-electron chi connectivity index (χ0n) is 17.2. The fraction of sp³-hybridized carbons (Fsp3) is 0.304. The highest BCUT2D eigenvalue weighted by Crippen LogP contribution is 2.32. The molecule has 0 atom stereocenters. The maximum Gasteiger partial charge on any atom is 0.178 e. The third-order valence-corrected chi connectivity index (χ3v) is 7.28. The summed E-state index contributed by atoms with van der Waals surface area (Å²) < 4.78 is 30.1. The summed E-state index contributed by atoms with van der Waals surface area (Å²) in [5.74, 6) is 0.728. The number of halogens is 1. The number of methoxy groups -OCH3 is 1. The minimum atomic E-state index is -3.28. The van der Waals surface area contributed by atoms with E-state index in [-0.39, 0.29) is 18.2 Å². The minimum Gasteiger partial charge on any atom is -0.496 e. The number of sulfone groups is 1. The monoisotopic (exact) mass is 446 g/mol. The maximum absolute atomic E-state index is 12.3. The Hall–Kier alpha value is -2.28. The Morgan fingerprint density at radius 1 is 1.07 bits per heavy atom. The van der Waals surface area contributed by atoms with Crippen LogP contribution in [0, 0.1) is 0 Å². The lowest BCUT2D eigenvalue weighted by Gasteiger charge is -2.28. The van der Waals surface area contributed by atoms with Crippen LogP contribution >= 0.6 is 12.4 Å². The molecule has 5 nitrogen and oxygen atoms in total. The summed E-state index contributed by atoms with van der Waals surface area (Å²) in [5, 5.41) is 0. The van der Waals surface area contributed by atoms with Crippen LogP contribution in [0.5, 0.6) is 5.75 Å². The first kappa shape index (κ1) is 22.4. The number of fused-ring (bicyclic) bond motifs is 1. The second kappa shape index (κ2) is 9.25. The Morgan fingerprint density at radius 3 is 2.57 bits per heavy atom. The van der Waals surface area contributed by atoms with Gasteiger partial charge in [0.15, 0.2) is 9.84 Å². The van der Waals surface area contributed by atoms with Crippen LogP contribution in [0.4, 0.5) is 0 Å². The Labute approximate surface area is 184 Å². The van der Waals surface area contributed by atoms with Crippen LogP contribution in [0.25, 0.3) is 11.3 Å². The Morgan fingerprint density at radius 2 is 1.83 bits per heavy atom. The topological polar surface area (TPSA) is 62.4 Å². The van der Waals surface area contributed by atoms with Gasteiger partial charge in [-0.15, -0.1) is 12.4 Å². The summed E-state index contributed by atoms with van der Waals surface area (Å²) in [4.78, 5) is 6.20. The number of ether oxygens (including phenoxy) is 1. The van der Waals surface area contributed by atoms with Crippen molar-refractivity contribution in [1.82, 2.24) is 9.88 Å². The highest BCUT2D eigenvalue weighted by atomic mass is 35.5. The van der Waals surface area contributed by atoms with Crippen LogP contribution in [0.3, 0.4) is 0 Å². The smallest absolute Gasteiger partial charge is 0.178 e. The molecule has 0 fully saturated rings. The Kier molecular flexibility index (Phi) is 6.91. The summed E-state index contributed by atoms with van der Waals surface area (Å²) in [6.07, 6.45) is 1.06. The molecule has 2 aromatic carbocycles. The molecule has 160 valence electrons. The van der Waals surface area contributed by atoms with Crippen molar-refractivity contribution in [1.29, 1.82) is 0 Å². The molecule has 0 saturated carbocycles. The third-order valence-electron chi connectivity index (χ3n) is 5.55. The summed E-state index contributed by atoms with van der Waals surface area (Å²) in [6.45, 7) is 4.45. The van der Waals surface area contributed by atoms with Crippen LogP contribution in [-0.2, 0) is 29.3 Å². The van der Waals surface area contributed by atoms with Gasteiger partial charge in [0, 0.05) is 36.6 Å². The van der Waals surface area contributed by atoms with Crippen molar-refractivity contribution in [3.05, 3.63) is 71.4 Å². The molecule has 1 aliphatic rings. The molecule has 0 saturated heterocycles. The number of hydrogen-bond acceptors (Lipinski definition) is 4. The van der Waals surface area contributed by atoms with Crippen LogP contribution in [0.1, 0.15) is 23.7 Å². The quantitative estimate of drug-likeness (QED) is 0.607. The summed E-state index contributed by atoms with van der Waals surface area (Å²) >= 11 is 0. The van der Waals surface area contributed by atoms with Crippen molar-refractivity contribution in [3.63, 3.8) is 0 Å². The standard InChI is InChI=1S/C23H26N2O3S.ClH/c1-3-29(26,27)20-9-11-23(28-2)21(14-20)22-10-8-19(24-22)16-25-13-12-17-6-4-5-7-18(17)15-25;/h4-11,14,24H,3,12-13,15-16H2,1-2H3;1H. The van der Waals surface area contributed by atoms with Crippen molar-refractivity contribution < 1.29 is 13.2 Å². The number of aromatic nitrogens is 1. The molecule has 30 heavy (non-hydrogen) atoms. The van der Waals surface area contributed by atoms with Gasteiger partial charge in [-0.1, -0.05) is 31.2 Å². The normalized spacial score (nSPS) is 14.1. The van der Waals surface area contributed by atoms with Crippen molar-refractivity contribution in [2.45, 2.75) is 31.3 Å². The van der Waals surface area contributed by atoms with Crippen LogP contribution in [-0.4, -0.2) is 37.7 Å². The lowest BCUT2D eigenvalue weighted by atomic mass is 10.00. The van der Waals surface area contributed by atoms with Gasteiger partial charge in [0.05, 0.1) is 17.8 Å². The molecule has 1 N–H and O–H groups in total. The first-order chi connectivity index (χ1) is 14.0. The molecule has 0 amide bonds. The molecule has 0 spiro atoms. The molecule has 2 heterocycles. The van der Waals surface area contributed by atoms with Crippen molar-refractivity contribution in [2.24, 2.45) is 0 Å². The van der Waals surface area contributed by atoms with Gasteiger partial charge in [-0.05, 0) is 47.9 Å². The summed E-state index contributed by atoms with van der Waals surface area (Å²) in [5.41, 5.74) is 5.56. The van der Waals surface area contributed by atoms with E-state index >= 15 is 0 Å². The van der Waals surface area contributed by atoms with Gasteiger partial charge in [-0.3, -0.25) is 4.90 Å². The SMILES string of the molecule is CCS(=O)(=O)c1ccc(OC)c(-c2ccc(CN3CCc4ccccc4C3)[nH]2)c1.Cl. The van der Waals surface area contributed by atoms with E-state index in [4.69, 9.17) is 4.74 Å². The van der Waals surface area contributed by atoms with E-state index in [1.54, 1.807) is 32.2 Å². The molecule has 4 rings (SSSR count). The van der Waals surface area contributed by atoms with Crippen molar-refractivity contribution in [2.75, 3.05) is 19.4 Å². The fourth-order valence-corrected chi connectivity index (χ4v) is 4.78. The van der Waals surface area contributed by atoms with Gasteiger partial charge in [-0.2, -0.15) is 0 Å². The minimum absolute atomic E-state index is 0. The predicted octanol–water partition coefficient (Wildman–Crippen LogP) is 4.46. The molecule has 7 heteroatoms. The van der Waals surface area contributed by atoms with Crippen LogP contribution in [0.15, 0.2) is 59.5 Å². The van der Waals surface area contributed by atoms with Crippen LogP contribution < -0.4 is 4.74 Å². The molecule has 0 unspecified atom stereocenters. The number of aromatic amines is 1. The molecule has 0 radical (unpaired) electrons. The fourth-order valence-electron chi connectivity index (χ4n) is 3.88. The molecule has 3 aromatic rings. The highest BCUT2D eigenvalue weighted by molar-refractivity contribution is 7.91. The number of nitrogens with one attached hydrogen (secondary N) is 1. The lowest BCUT2D eigenvalue weighted by molar-refractivity contribution is 0.243. The Balaban J connectivity index is 0.00000256. The van der Waals surface area contributed by atoms with E-state index in [9.17, 15) is 8.42 Å². The van der Waals surface area contributed by atoms with Gasteiger partial charge in [0.2, 0.25) is 0 Å². The first-order valence-electron chi connectivity index (χ1n) is 9.88. The maximum atomic E-state index is 12.3. The van der Waals surface area contributed by atoms with Gasteiger partial charge in [-0.25, -0.2) is 8.42 Å². The number of hydrogen-bond donors (Lipinski definition) is 1. The van der Waals surface area contributed by atoms with E-state index in [0.717, 1.165) is 43.0 Å². The number of H-pyrrole nitrogens is 1. The summed E-state index contributed by atoms with van der Waals surface area (Å²) in [7, 11) is -1.68. The molecule has 0 bridgehead atoms. The van der Waals surface area contributed by atoms with Crippen molar-refractivity contribution in [3.8, 4) is 17.0 Å². The van der Waals surface area contributed by atoms with E-state index in [1.807, 2.05) is 6.07 Å².